The van der Waals surface area contributed by atoms with Crippen LogP contribution in [0.15, 0.2) is 64.6 Å². The minimum atomic E-state index is -0.451. The molecule has 0 aliphatic rings. The van der Waals surface area contributed by atoms with Gasteiger partial charge in [-0.2, -0.15) is 5.10 Å². The number of nitrogens with zero attached hydrogens (tertiary/aromatic N) is 3. The van der Waals surface area contributed by atoms with Gasteiger partial charge in [-0.05, 0) is 56.2 Å². The number of nitro benzene ring substituents is 1. The number of aryl methyl sites for hydroxylation is 2. The van der Waals surface area contributed by atoms with Crippen molar-refractivity contribution in [3.63, 3.8) is 0 Å². The Kier molecular flexibility index (Phi) is 7.25. The molecule has 8 heteroatoms. The van der Waals surface area contributed by atoms with Crippen molar-refractivity contribution in [3.8, 4) is 5.69 Å². The topological polar surface area (TPSA) is 89.5 Å². The second-order valence-electron chi connectivity index (χ2n) is 7.01. The summed E-state index contributed by atoms with van der Waals surface area (Å²) >= 11 is 1.29. The summed E-state index contributed by atoms with van der Waals surface area (Å²) in [5.41, 5.74) is 8.00. The van der Waals surface area contributed by atoms with Gasteiger partial charge in [0.25, 0.3) is 5.69 Å². The van der Waals surface area contributed by atoms with Gasteiger partial charge in [-0.25, -0.2) is 5.43 Å². The number of non-ortho nitro benzene ring substituents is 1. The Morgan fingerprint density at radius 3 is 2.45 bits per heavy atom. The van der Waals surface area contributed by atoms with Crippen LogP contribution in [0.3, 0.4) is 0 Å². The minimum absolute atomic E-state index is 0.0253. The fourth-order valence-corrected chi connectivity index (χ4v) is 3.91. The molecule has 160 valence electrons. The van der Waals surface area contributed by atoms with Gasteiger partial charge < -0.3 is 4.57 Å². The number of hydrazone groups is 1. The summed E-state index contributed by atoms with van der Waals surface area (Å²) < 4.78 is 2.16. The maximum Gasteiger partial charge on any atom is 0.269 e. The number of benzene rings is 2. The summed E-state index contributed by atoms with van der Waals surface area (Å²) in [5.74, 6) is -0.0821. The molecule has 0 aliphatic heterocycles. The van der Waals surface area contributed by atoms with Gasteiger partial charge >= 0.3 is 0 Å². The largest absolute Gasteiger partial charge is 0.318 e. The van der Waals surface area contributed by atoms with Crippen LogP contribution in [0.25, 0.3) is 5.69 Å². The molecular weight excluding hydrogens is 412 g/mol. The lowest BCUT2D eigenvalue weighted by Crippen LogP contribution is -2.19. The lowest BCUT2D eigenvalue weighted by atomic mass is 10.1. The van der Waals surface area contributed by atoms with Crippen LogP contribution in [0, 0.1) is 24.0 Å². The Bertz CT molecular complexity index is 1100. The van der Waals surface area contributed by atoms with E-state index in [2.05, 4.69) is 46.3 Å². The fourth-order valence-electron chi connectivity index (χ4n) is 3.22. The monoisotopic (exact) mass is 436 g/mol. The molecule has 3 aromatic rings. The predicted molar refractivity (Wildman–Crippen MR) is 124 cm³/mol. The van der Waals surface area contributed by atoms with Crippen molar-refractivity contribution < 1.29 is 9.72 Å². The second kappa shape index (κ2) is 10.1. The van der Waals surface area contributed by atoms with Gasteiger partial charge in [-0.1, -0.05) is 19.1 Å². The van der Waals surface area contributed by atoms with E-state index in [1.807, 2.05) is 19.9 Å². The van der Waals surface area contributed by atoms with Crippen molar-refractivity contribution in [3.05, 3.63) is 87.2 Å². The van der Waals surface area contributed by atoms with Crippen molar-refractivity contribution in [2.45, 2.75) is 32.1 Å². The lowest BCUT2D eigenvalue weighted by Gasteiger charge is -2.10. The van der Waals surface area contributed by atoms with Crippen molar-refractivity contribution in [1.82, 2.24) is 9.99 Å². The van der Waals surface area contributed by atoms with E-state index in [-0.39, 0.29) is 17.3 Å². The molecule has 31 heavy (non-hydrogen) atoms. The average molecular weight is 437 g/mol. The maximum absolute atomic E-state index is 12.1. The molecule has 0 saturated carbocycles. The number of aromatic nitrogens is 1. The molecular formula is C23H24N4O3S. The van der Waals surface area contributed by atoms with E-state index in [1.165, 1.54) is 29.5 Å². The molecule has 1 amide bonds. The van der Waals surface area contributed by atoms with Crippen LogP contribution in [0.1, 0.15) is 29.4 Å². The highest BCUT2D eigenvalue weighted by Gasteiger charge is 2.10. The summed E-state index contributed by atoms with van der Waals surface area (Å²) in [6.45, 7) is 6.19. The first-order valence-electron chi connectivity index (χ1n) is 9.86. The lowest BCUT2D eigenvalue weighted by molar-refractivity contribution is -0.384. The summed E-state index contributed by atoms with van der Waals surface area (Å²) in [5, 5.41) is 14.8. The Morgan fingerprint density at radius 2 is 1.84 bits per heavy atom. The summed E-state index contributed by atoms with van der Waals surface area (Å²) in [6, 6.07) is 16.6. The highest BCUT2D eigenvalue weighted by molar-refractivity contribution is 8.00. The van der Waals surface area contributed by atoms with Crippen LogP contribution in [-0.4, -0.2) is 27.4 Å². The summed E-state index contributed by atoms with van der Waals surface area (Å²) in [6.07, 6.45) is 2.65. The van der Waals surface area contributed by atoms with Crippen LogP contribution >= 0.6 is 11.8 Å². The van der Waals surface area contributed by atoms with E-state index in [1.54, 1.807) is 18.3 Å². The van der Waals surface area contributed by atoms with Gasteiger partial charge in [0.1, 0.15) is 0 Å². The van der Waals surface area contributed by atoms with E-state index in [0.717, 1.165) is 34.0 Å². The highest BCUT2D eigenvalue weighted by Crippen LogP contribution is 2.22. The number of hydrogen-bond donors (Lipinski definition) is 1. The zero-order chi connectivity index (χ0) is 22.4. The third-order valence-corrected chi connectivity index (χ3v) is 5.90. The standard InChI is InChI=1S/C23H24N4O3S/c1-4-18-5-7-20(8-6-18)26-16(2)13-19(17(26)3)14-24-25-23(28)15-31-22-11-9-21(10-12-22)27(29)30/h5-14H,4,15H2,1-3H3,(H,25,28)/b24-14-. The normalized spacial score (nSPS) is 11.1. The van der Waals surface area contributed by atoms with Crippen molar-refractivity contribution in [2.24, 2.45) is 5.10 Å². The fraction of sp³-hybridized carbons (Fsp3) is 0.217. The van der Waals surface area contributed by atoms with E-state index in [9.17, 15) is 14.9 Å². The molecule has 1 N–H and O–H groups in total. The molecule has 2 aromatic carbocycles. The number of amides is 1. The number of nitrogens with one attached hydrogen (secondary N) is 1. The minimum Gasteiger partial charge on any atom is -0.318 e. The molecule has 3 rings (SSSR count). The van der Waals surface area contributed by atoms with Crippen LogP contribution < -0.4 is 5.43 Å². The van der Waals surface area contributed by atoms with Gasteiger partial charge in [0.2, 0.25) is 5.91 Å². The van der Waals surface area contributed by atoms with Gasteiger partial charge in [-0.15, -0.1) is 11.8 Å². The third kappa shape index (κ3) is 5.61. The van der Waals surface area contributed by atoms with E-state index >= 15 is 0 Å². The van der Waals surface area contributed by atoms with Crippen molar-refractivity contribution >= 4 is 29.6 Å². The number of rotatable bonds is 8. The Balaban J connectivity index is 1.59. The average Bonchev–Trinajstić information content (AvgIpc) is 3.05. The molecule has 0 fully saturated rings. The number of hydrogen-bond acceptors (Lipinski definition) is 5. The highest BCUT2D eigenvalue weighted by atomic mass is 32.2. The molecule has 0 unspecified atom stereocenters. The third-order valence-electron chi connectivity index (χ3n) is 4.88. The van der Waals surface area contributed by atoms with E-state index in [0.29, 0.717) is 0 Å². The molecule has 0 radical (unpaired) electrons. The molecule has 1 aromatic heterocycles. The first-order valence-corrected chi connectivity index (χ1v) is 10.8. The molecule has 7 nitrogen and oxygen atoms in total. The van der Waals surface area contributed by atoms with Gasteiger partial charge in [0.15, 0.2) is 0 Å². The first kappa shape index (κ1) is 22.3. The smallest absolute Gasteiger partial charge is 0.269 e. The second-order valence-corrected chi connectivity index (χ2v) is 8.06. The molecule has 0 atom stereocenters. The van der Waals surface area contributed by atoms with Gasteiger partial charge in [0, 0.05) is 39.7 Å². The van der Waals surface area contributed by atoms with E-state index in [4.69, 9.17) is 0 Å². The zero-order valence-corrected chi connectivity index (χ0v) is 18.5. The summed E-state index contributed by atoms with van der Waals surface area (Å²) in [4.78, 5) is 23.1. The Labute approximate surface area is 185 Å². The van der Waals surface area contributed by atoms with Gasteiger partial charge in [0.05, 0.1) is 16.9 Å². The van der Waals surface area contributed by atoms with Crippen molar-refractivity contribution in [1.29, 1.82) is 0 Å². The van der Waals surface area contributed by atoms with Crippen LogP contribution in [0.4, 0.5) is 5.69 Å². The molecule has 0 aliphatic carbocycles. The number of nitro groups is 1. The molecule has 0 spiro atoms. The quantitative estimate of drug-likeness (QED) is 0.238. The molecule has 0 saturated heterocycles. The number of carbonyl (C=O) groups excluding carboxylic acids is 1. The van der Waals surface area contributed by atoms with Crippen molar-refractivity contribution in [2.75, 3.05) is 5.75 Å². The predicted octanol–water partition coefficient (Wildman–Crippen LogP) is 4.81. The molecule has 0 bridgehead atoms. The van der Waals surface area contributed by atoms with Gasteiger partial charge in [-0.3, -0.25) is 14.9 Å². The van der Waals surface area contributed by atoms with Crippen LogP contribution in [0.2, 0.25) is 0 Å². The van der Waals surface area contributed by atoms with E-state index < -0.39 is 4.92 Å². The Morgan fingerprint density at radius 1 is 1.16 bits per heavy atom. The van der Waals surface area contributed by atoms with Crippen LogP contribution in [0.5, 0.6) is 0 Å². The number of thioether (sulfide) groups is 1. The Hall–Kier alpha value is -3.39. The SMILES string of the molecule is CCc1ccc(-n2c(C)cc(/C=N\NC(=O)CSc3ccc([N+](=O)[O-])cc3)c2C)cc1. The maximum atomic E-state index is 12.1. The number of carbonyl (C=O) groups is 1. The van der Waals surface area contributed by atoms with Crippen LogP contribution in [-0.2, 0) is 11.2 Å². The zero-order valence-electron chi connectivity index (χ0n) is 17.7. The first-order chi connectivity index (χ1) is 14.9. The molecule has 1 heterocycles. The summed E-state index contributed by atoms with van der Waals surface area (Å²) in [7, 11) is 0.